The van der Waals surface area contributed by atoms with Crippen LogP contribution in [0.3, 0.4) is 0 Å². The second-order valence-electron chi connectivity index (χ2n) is 9.88. The zero-order valence-corrected chi connectivity index (χ0v) is 21.2. The molecule has 3 aliphatic rings. The first-order valence-corrected chi connectivity index (χ1v) is 13.1. The standard InChI is InChI=1S/C26H30N4O5S/c1-15(2)22-23(31)30-12-19(10-21(30)24(32)33)35-26(34)29-11-17-8-5-7-16(20(17)13-29)6-3-4-9-18-14-36-25(27-18)28-22/h3,5-8,14-15,19,21-22H,4,9-13H2,1-2H3,(H,27,28)(H,32,33)/b6-3+/t19-,21+,22+/m1/s1. The highest BCUT2D eigenvalue weighted by Crippen LogP contribution is 2.30. The summed E-state index contributed by atoms with van der Waals surface area (Å²) in [5, 5.41) is 15.7. The van der Waals surface area contributed by atoms with Crippen molar-refractivity contribution in [3.63, 3.8) is 0 Å². The summed E-state index contributed by atoms with van der Waals surface area (Å²) in [6, 6.07) is 4.34. The van der Waals surface area contributed by atoms with Gasteiger partial charge in [0.1, 0.15) is 18.2 Å². The van der Waals surface area contributed by atoms with E-state index < -0.39 is 30.3 Å². The van der Waals surface area contributed by atoms with Gasteiger partial charge in [-0.1, -0.05) is 44.2 Å². The summed E-state index contributed by atoms with van der Waals surface area (Å²) in [4.78, 5) is 46.2. The van der Waals surface area contributed by atoms with Gasteiger partial charge in [-0.25, -0.2) is 14.6 Å². The lowest BCUT2D eigenvalue weighted by Gasteiger charge is -2.29. The molecule has 1 fully saturated rings. The number of hydrogen-bond donors (Lipinski definition) is 2. The van der Waals surface area contributed by atoms with Crippen molar-refractivity contribution < 1.29 is 24.2 Å². The SMILES string of the molecule is CC(C)[C@@H]1Nc2nc(cs2)CC/C=C/c2cccc3c2CN(C3)C(=O)O[C@@H]2C[C@@H](C(=O)O)N(C2)C1=O. The van der Waals surface area contributed by atoms with E-state index in [1.807, 2.05) is 37.4 Å². The average molecular weight is 511 g/mol. The molecular formula is C26H30N4O5S. The fourth-order valence-electron chi connectivity index (χ4n) is 5.07. The highest BCUT2D eigenvalue weighted by molar-refractivity contribution is 7.13. The molecule has 0 unspecified atom stereocenters. The lowest BCUT2D eigenvalue weighted by atomic mass is 10.0. The lowest BCUT2D eigenvalue weighted by molar-refractivity contribution is -0.148. The number of fused-ring (bicyclic) bond motifs is 5. The smallest absolute Gasteiger partial charge is 0.410 e. The van der Waals surface area contributed by atoms with Crippen molar-refractivity contribution in [2.24, 2.45) is 5.92 Å². The number of amides is 2. The summed E-state index contributed by atoms with van der Waals surface area (Å²) < 4.78 is 5.74. The van der Waals surface area contributed by atoms with Crippen LogP contribution >= 0.6 is 11.3 Å². The number of carbonyl (C=O) groups excluding carboxylic acids is 2. The Labute approximate surface area is 213 Å². The second kappa shape index (κ2) is 9.93. The number of carboxylic acids is 1. The largest absolute Gasteiger partial charge is 0.480 e. The number of nitrogens with one attached hydrogen (secondary N) is 1. The molecular weight excluding hydrogens is 480 g/mol. The van der Waals surface area contributed by atoms with Crippen molar-refractivity contribution in [3.8, 4) is 0 Å². The number of nitrogens with zero attached hydrogens (tertiary/aromatic N) is 3. The minimum absolute atomic E-state index is 0.0460. The van der Waals surface area contributed by atoms with Crippen molar-refractivity contribution >= 4 is 40.5 Å². The van der Waals surface area contributed by atoms with Gasteiger partial charge in [-0.05, 0) is 35.4 Å². The third-order valence-corrected chi connectivity index (χ3v) is 7.83. The third-order valence-electron chi connectivity index (χ3n) is 7.00. The zero-order chi connectivity index (χ0) is 25.4. The number of rotatable bonds is 2. The average Bonchev–Trinajstić information content (AvgIpc) is 3.57. The number of aromatic nitrogens is 1. The summed E-state index contributed by atoms with van der Waals surface area (Å²) in [5.74, 6) is -1.53. The highest BCUT2D eigenvalue weighted by Gasteiger charge is 2.44. The van der Waals surface area contributed by atoms with Crippen LogP contribution in [0.5, 0.6) is 0 Å². The van der Waals surface area contributed by atoms with Crippen LogP contribution in [0.2, 0.25) is 0 Å². The van der Waals surface area contributed by atoms with Crippen molar-refractivity contribution in [2.75, 3.05) is 11.9 Å². The molecule has 36 heavy (non-hydrogen) atoms. The number of benzene rings is 1. The Morgan fingerprint density at radius 3 is 2.89 bits per heavy atom. The van der Waals surface area contributed by atoms with Crippen molar-refractivity contribution in [3.05, 3.63) is 52.0 Å². The molecule has 3 aliphatic heterocycles. The lowest BCUT2D eigenvalue weighted by Crippen LogP contribution is -2.50. The zero-order valence-electron chi connectivity index (χ0n) is 20.3. The van der Waals surface area contributed by atoms with Gasteiger partial charge in [0.15, 0.2) is 5.13 Å². The van der Waals surface area contributed by atoms with Gasteiger partial charge in [0, 0.05) is 18.3 Å². The molecule has 0 radical (unpaired) electrons. The van der Waals surface area contributed by atoms with Gasteiger partial charge in [0.25, 0.3) is 0 Å². The van der Waals surface area contributed by atoms with Crippen molar-refractivity contribution in [1.29, 1.82) is 0 Å². The monoisotopic (exact) mass is 510 g/mol. The molecule has 0 spiro atoms. The first-order chi connectivity index (χ1) is 17.3. The number of carboxylic acid groups (broad SMARTS) is 1. The Hall–Kier alpha value is -3.40. The van der Waals surface area contributed by atoms with Gasteiger partial charge in [-0.2, -0.15) is 0 Å². The number of ether oxygens (including phenoxy) is 1. The van der Waals surface area contributed by atoms with Crippen LogP contribution in [0.25, 0.3) is 6.08 Å². The second-order valence-corrected chi connectivity index (χ2v) is 10.7. The Morgan fingerprint density at radius 2 is 2.11 bits per heavy atom. The molecule has 1 aromatic carbocycles. The molecule has 2 N–H and O–H groups in total. The van der Waals surface area contributed by atoms with E-state index in [1.54, 1.807) is 4.90 Å². The van der Waals surface area contributed by atoms with Crippen LogP contribution in [0.4, 0.5) is 9.93 Å². The fourth-order valence-corrected chi connectivity index (χ4v) is 5.85. The molecule has 2 amide bonds. The van der Waals surface area contributed by atoms with Crippen LogP contribution in [0.1, 0.15) is 49.1 Å². The Morgan fingerprint density at radius 1 is 1.28 bits per heavy atom. The number of thiazole rings is 1. The molecule has 5 rings (SSSR count). The number of hydrogen-bond acceptors (Lipinski definition) is 7. The van der Waals surface area contributed by atoms with E-state index in [9.17, 15) is 19.5 Å². The molecule has 0 aliphatic carbocycles. The molecule has 10 heteroatoms. The molecule has 3 atom stereocenters. The molecule has 190 valence electrons. The molecule has 2 aromatic rings. The number of aryl methyl sites for hydroxylation is 1. The number of aliphatic carboxylic acids is 1. The summed E-state index contributed by atoms with van der Waals surface area (Å²) in [5.41, 5.74) is 4.18. The summed E-state index contributed by atoms with van der Waals surface area (Å²) in [6.45, 7) is 4.74. The highest BCUT2D eigenvalue weighted by atomic mass is 32.1. The molecule has 9 nitrogen and oxygen atoms in total. The van der Waals surface area contributed by atoms with Gasteiger partial charge >= 0.3 is 12.1 Å². The molecule has 6 bridgehead atoms. The maximum Gasteiger partial charge on any atom is 0.410 e. The van der Waals surface area contributed by atoms with Gasteiger partial charge in [0.2, 0.25) is 5.91 Å². The van der Waals surface area contributed by atoms with Gasteiger partial charge in [-0.15, -0.1) is 11.3 Å². The van der Waals surface area contributed by atoms with Crippen molar-refractivity contribution in [2.45, 2.75) is 64.4 Å². The predicted octanol–water partition coefficient (Wildman–Crippen LogP) is 3.75. The molecule has 1 saturated heterocycles. The number of allylic oxidation sites excluding steroid dienone is 1. The van der Waals surface area contributed by atoms with Gasteiger partial charge in [-0.3, -0.25) is 9.69 Å². The van der Waals surface area contributed by atoms with E-state index in [0.29, 0.717) is 18.2 Å². The quantitative estimate of drug-likeness (QED) is 0.633. The predicted molar refractivity (Wildman–Crippen MR) is 135 cm³/mol. The number of carbonyl (C=O) groups is 3. The Balaban J connectivity index is 1.46. The van der Waals surface area contributed by atoms with E-state index in [4.69, 9.17) is 4.74 Å². The van der Waals surface area contributed by atoms with E-state index in [2.05, 4.69) is 22.5 Å². The van der Waals surface area contributed by atoms with Crippen LogP contribution in [-0.4, -0.2) is 62.6 Å². The van der Waals surface area contributed by atoms with Gasteiger partial charge < -0.3 is 20.1 Å². The first-order valence-electron chi connectivity index (χ1n) is 12.3. The summed E-state index contributed by atoms with van der Waals surface area (Å²) in [7, 11) is 0. The van der Waals surface area contributed by atoms with Crippen LogP contribution in [-0.2, 0) is 33.8 Å². The van der Waals surface area contributed by atoms with E-state index in [-0.39, 0.29) is 24.8 Å². The topological polar surface area (TPSA) is 112 Å². The Kier molecular flexibility index (Phi) is 6.70. The fraction of sp³-hybridized carbons (Fsp3) is 0.462. The van der Waals surface area contributed by atoms with E-state index >= 15 is 0 Å². The molecule has 1 aromatic heterocycles. The normalized spacial score (nSPS) is 25.1. The van der Waals surface area contributed by atoms with E-state index in [1.165, 1.54) is 16.2 Å². The maximum atomic E-state index is 13.5. The van der Waals surface area contributed by atoms with Crippen LogP contribution in [0, 0.1) is 5.92 Å². The molecule has 0 saturated carbocycles. The third kappa shape index (κ3) is 4.82. The summed E-state index contributed by atoms with van der Waals surface area (Å²) >= 11 is 1.44. The maximum absolute atomic E-state index is 13.5. The summed E-state index contributed by atoms with van der Waals surface area (Å²) in [6.07, 6.45) is 4.66. The first kappa shape index (κ1) is 24.3. The van der Waals surface area contributed by atoms with Gasteiger partial charge in [0.05, 0.1) is 18.8 Å². The molecule has 4 heterocycles. The Bertz CT molecular complexity index is 1210. The minimum Gasteiger partial charge on any atom is -0.480 e. The minimum atomic E-state index is -1.10. The number of anilines is 1. The van der Waals surface area contributed by atoms with Crippen LogP contribution in [0.15, 0.2) is 29.7 Å². The van der Waals surface area contributed by atoms with Crippen molar-refractivity contribution in [1.82, 2.24) is 14.8 Å². The van der Waals surface area contributed by atoms with Crippen LogP contribution < -0.4 is 5.32 Å². The van der Waals surface area contributed by atoms with E-state index in [0.717, 1.165) is 35.2 Å².